The van der Waals surface area contributed by atoms with Gasteiger partial charge in [-0.05, 0) is 38.5 Å². The molecule has 3 aromatic rings. The molecule has 0 saturated carbocycles. The van der Waals surface area contributed by atoms with E-state index >= 15 is 0 Å². The van der Waals surface area contributed by atoms with Crippen molar-refractivity contribution in [2.24, 2.45) is 0 Å². The van der Waals surface area contributed by atoms with Gasteiger partial charge in [0.05, 0.1) is 35.8 Å². The first-order valence-corrected chi connectivity index (χ1v) is 12.3. The van der Waals surface area contributed by atoms with Gasteiger partial charge in [-0.2, -0.15) is 18.3 Å². The second-order valence-corrected chi connectivity index (χ2v) is 10.3. The standard InChI is InChI=1S/C24H26F3N5O6S/c1-23(2,3)38-22(36)29-11-16(21(35)37-4)31-20(34)18-14(24(25,26)27)8-17(39-18)19(33)28-9-12-6-5-7-15-13(12)10-30-32-15/h5-8,10,16H,9,11H2,1-4H3,(H,28,33)(H,29,36)(H,30,32)(H,31,34). The van der Waals surface area contributed by atoms with E-state index in [0.29, 0.717) is 23.0 Å². The number of benzene rings is 1. The van der Waals surface area contributed by atoms with Crippen LogP contribution in [-0.4, -0.2) is 59.4 Å². The van der Waals surface area contributed by atoms with E-state index in [1.54, 1.807) is 45.2 Å². The van der Waals surface area contributed by atoms with Crippen LogP contribution in [0.3, 0.4) is 0 Å². The lowest BCUT2D eigenvalue weighted by Gasteiger charge is -2.21. The third-order valence-electron chi connectivity index (χ3n) is 5.12. The van der Waals surface area contributed by atoms with E-state index in [0.717, 1.165) is 18.0 Å². The van der Waals surface area contributed by atoms with Gasteiger partial charge < -0.3 is 25.4 Å². The molecule has 3 amide bonds. The number of carbonyl (C=O) groups is 4. The summed E-state index contributed by atoms with van der Waals surface area (Å²) in [4.78, 5) is 48.4. The van der Waals surface area contributed by atoms with Crippen LogP contribution in [0.1, 0.15) is 51.2 Å². The molecule has 0 aliphatic rings. The van der Waals surface area contributed by atoms with Crippen LogP contribution < -0.4 is 16.0 Å². The van der Waals surface area contributed by atoms with Crippen LogP contribution in [0.2, 0.25) is 0 Å². The van der Waals surface area contributed by atoms with Crippen LogP contribution >= 0.6 is 11.3 Å². The number of methoxy groups -OCH3 is 1. The Kier molecular flexibility index (Phi) is 8.84. The molecule has 2 aromatic heterocycles. The van der Waals surface area contributed by atoms with Gasteiger partial charge in [0.15, 0.2) is 0 Å². The van der Waals surface area contributed by atoms with Crippen molar-refractivity contribution < 1.29 is 41.8 Å². The second-order valence-electron chi connectivity index (χ2n) is 9.21. The number of alkyl halides is 3. The molecular weight excluding hydrogens is 543 g/mol. The number of aromatic amines is 1. The topological polar surface area (TPSA) is 152 Å². The number of rotatable bonds is 8. The Labute approximate surface area is 224 Å². The number of hydrogen-bond acceptors (Lipinski definition) is 8. The van der Waals surface area contributed by atoms with E-state index in [1.807, 2.05) is 0 Å². The zero-order chi connectivity index (χ0) is 29.0. The molecule has 0 radical (unpaired) electrons. The highest BCUT2D eigenvalue weighted by Crippen LogP contribution is 2.37. The van der Waals surface area contributed by atoms with Crippen molar-refractivity contribution >= 4 is 46.1 Å². The summed E-state index contributed by atoms with van der Waals surface area (Å²) < 4.78 is 50.9. The molecule has 1 aromatic carbocycles. The third-order valence-corrected chi connectivity index (χ3v) is 6.25. The van der Waals surface area contributed by atoms with Crippen molar-refractivity contribution in [2.45, 2.75) is 45.1 Å². The van der Waals surface area contributed by atoms with Crippen molar-refractivity contribution in [1.82, 2.24) is 26.1 Å². The van der Waals surface area contributed by atoms with Crippen molar-refractivity contribution in [3.63, 3.8) is 0 Å². The predicted octanol–water partition coefficient (Wildman–Crippen LogP) is 3.37. The Bertz CT molecular complexity index is 1380. The summed E-state index contributed by atoms with van der Waals surface area (Å²) >= 11 is 0.310. The molecule has 4 N–H and O–H groups in total. The number of H-pyrrole nitrogens is 1. The highest BCUT2D eigenvalue weighted by atomic mass is 32.1. The third kappa shape index (κ3) is 7.69. The van der Waals surface area contributed by atoms with Crippen LogP contribution in [0, 0.1) is 0 Å². The molecule has 0 saturated heterocycles. The number of carbonyl (C=O) groups excluding carboxylic acids is 4. The fourth-order valence-electron chi connectivity index (χ4n) is 3.39. The summed E-state index contributed by atoms with van der Waals surface area (Å²) in [6, 6.07) is 4.26. The molecule has 0 bridgehead atoms. The average Bonchev–Trinajstić information content (AvgIpc) is 3.51. The maximum absolute atomic E-state index is 13.8. The zero-order valence-corrected chi connectivity index (χ0v) is 22.1. The predicted molar refractivity (Wildman–Crippen MR) is 134 cm³/mol. The van der Waals surface area contributed by atoms with Gasteiger partial charge in [-0.25, -0.2) is 9.59 Å². The van der Waals surface area contributed by atoms with Gasteiger partial charge in [-0.1, -0.05) is 12.1 Å². The molecule has 0 fully saturated rings. The van der Waals surface area contributed by atoms with E-state index in [2.05, 4.69) is 30.9 Å². The lowest BCUT2D eigenvalue weighted by Crippen LogP contribution is -2.49. The lowest BCUT2D eigenvalue weighted by atomic mass is 10.1. The van der Waals surface area contributed by atoms with Crippen LogP contribution in [0.15, 0.2) is 30.5 Å². The van der Waals surface area contributed by atoms with E-state index in [9.17, 15) is 32.3 Å². The molecule has 2 heterocycles. The minimum atomic E-state index is -4.97. The fraction of sp³-hybridized carbons (Fsp3) is 0.375. The van der Waals surface area contributed by atoms with Gasteiger partial charge >= 0.3 is 18.2 Å². The summed E-state index contributed by atoms with van der Waals surface area (Å²) in [7, 11) is 1.01. The molecule has 0 aliphatic carbocycles. The molecule has 11 nitrogen and oxygen atoms in total. The Morgan fingerprint density at radius 3 is 2.46 bits per heavy atom. The molecular formula is C24H26F3N5O6S. The van der Waals surface area contributed by atoms with E-state index < -0.39 is 58.7 Å². The maximum Gasteiger partial charge on any atom is 0.418 e. The summed E-state index contributed by atoms with van der Waals surface area (Å²) in [6.07, 6.45) is -4.33. The highest BCUT2D eigenvalue weighted by molar-refractivity contribution is 7.16. The van der Waals surface area contributed by atoms with Gasteiger partial charge in [0.25, 0.3) is 11.8 Å². The molecule has 0 aliphatic heterocycles. The maximum atomic E-state index is 13.8. The number of aromatic nitrogens is 2. The number of nitrogens with one attached hydrogen (secondary N) is 4. The minimum Gasteiger partial charge on any atom is -0.467 e. The van der Waals surface area contributed by atoms with E-state index in [-0.39, 0.29) is 11.4 Å². The van der Waals surface area contributed by atoms with E-state index in [4.69, 9.17) is 4.74 Å². The quantitative estimate of drug-likeness (QED) is 0.304. The first kappa shape index (κ1) is 29.4. The second kappa shape index (κ2) is 11.7. The van der Waals surface area contributed by atoms with Gasteiger partial charge in [0.2, 0.25) is 0 Å². The number of alkyl carbamates (subject to hydrolysis) is 1. The van der Waals surface area contributed by atoms with Crippen molar-refractivity contribution in [1.29, 1.82) is 0 Å². The highest BCUT2D eigenvalue weighted by Gasteiger charge is 2.39. The number of halogens is 3. The van der Waals surface area contributed by atoms with Crippen molar-refractivity contribution in [2.75, 3.05) is 13.7 Å². The Morgan fingerprint density at radius 1 is 1.10 bits per heavy atom. The van der Waals surface area contributed by atoms with Crippen LogP contribution in [0.4, 0.5) is 18.0 Å². The summed E-state index contributed by atoms with van der Waals surface area (Å²) in [5.74, 6) is -3.13. The SMILES string of the molecule is COC(=O)C(CNC(=O)OC(C)(C)C)NC(=O)c1sc(C(=O)NCc2cccc3[nH]ncc23)cc1C(F)(F)F. The number of hydrogen-bond donors (Lipinski definition) is 4. The monoisotopic (exact) mass is 569 g/mol. The minimum absolute atomic E-state index is 0.00274. The molecule has 210 valence electrons. The van der Waals surface area contributed by atoms with Gasteiger partial charge in [-0.3, -0.25) is 14.7 Å². The number of amides is 3. The first-order valence-electron chi connectivity index (χ1n) is 11.5. The fourth-order valence-corrected chi connectivity index (χ4v) is 4.38. The smallest absolute Gasteiger partial charge is 0.418 e. The zero-order valence-electron chi connectivity index (χ0n) is 21.3. The number of thiophene rings is 1. The molecule has 39 heavy (non-hydrogen) atoms. The Hall–Kier alpha value is -4.14. The molecule has 15 heteroatoms. The summed E-state index contributed by atoms with van der Waals surface area (Å²) in [5.41, 5.74) is -0.804. The number of esters is 1. The van der Waals surface area contributed by atoms with Crippen LogP contribution in [-0.2, 0) is 27.0 Å². The number of fused-ring (bicyclic) bond motifs is 1. The molecule has 3 rings (SSSR count). The molecule has 1 unspecified atom stereocenters. The van der Waals surface area contributed by atoms with E-state index in [1.165, 1.54) is 0 Å². The first-order chi connectivity index (χ1) is 18.2. The van der Waals surface area contributed by atoms with Gasteiger partial charge in [-0.15, -0.1) is 11.3 Å². The summed E-state index contributed by atoms with van der Waals surface area (Å²) in [5, 5.41) is 14.4. The van der Waals surface area contributed by atoms with Gasteiger partial charge in [0.1, 0.15) is 16.5 Å². The largest absolute Gasteiger partial charge is 0.467 e. The molecule has 1 atom stereocenters. The van der Waals surface area contributed by atoms with Gasteiger partial charge in [0, 0.05) is 11.9 Å². The van der Waals surface area contributed by atoms with Crippen LogP contribution in [0.5, 0.6) is 0 Å². The molecule has 0 spiro atoms. The Morgan fingerprint density at radius 2 is 1.82 bits per heavy atom. The summed E-state index contributed by atoms with van der Waals surface area (Å²) in [6.45, 7) is 4.29. The van der Waals surface area contributed by atoms with Crippen LogP contribution in [0.25, 0.3) is 10.9 Å². The number of ether oxygens (including phenoxy) is 2. The van der Waals surface area contributed by atoms with Crippen molar-refractivity contribution in [3.8, 4) is 0 Å². The normalized spacial score (nSPS) is 12.5. The Balaban J connectivity index is 1.77. The van der Waals surface area contributed by atoms with Crippen molar-refractivity contribution in [3.05, 3.63) is 51.3 Å². The number of nitrogens with zero attached hydrogens (tertiary/aromatic N) is 1. The average molecular weight is 570 g/mol. The lowest BCUT2D eigenvalue weighted by molar-refractivity contribution is -0.142.